The zero-order valence-electron chi connectivity index (χ0n) is 19.9. The molecular formula is C28H22Cl2N2O5S. The number of sulfonamides is 1. The van der Waals surface area contributed by atoms with E-state index in [0.717, 1.165) is 16.7 Å². The molecule has 1 atom stereocenters. The first kappa shape index (κ1) is 26.0. The van der Waals surface area contributed by atoms with Crippen molar-refractivity contribution in [2.24, 2.45) is 0 Å². The Bertz CT molecular complexity index is 1580. The molecule has 10 heteroatoms. The largest absolute Gasteiger partial charge is 0.481 e. The minimum atomic E-state index is -3.93. The molecule has 2 heterocycles. The number of nitrogens with zero attached hydrogens (tertiary/aromatic N) is 2. The predicted molar refractivity (Wildman–Crippen MR) is 147 cm³/mol. The van der Waals surface area contributed by atoms with Gasteiger partial charge in [-0.25, -0.2) is 8.42 Å². The summed E-state index contributed by atoms with van der Waals surface area (Å²) in [6, 6.07) is 20.2. The summed E-state index contributed by atoms with van der Waals surface area (Å²) in [5.41, 5.74) is 3.13. The number of rotatable bonds is 8. The van der Waals surface area contributed by atoms with Gasteiger partial charge in [0.25, 0.3) is 10.0 Å². The van der Waals surface area contributed by atoms with Crippen molar-refractivity contribution in [3.05, 3.63) is 101 Å². The second-order valence-corrected chi connectivity index (χ2v) is 11.6. The molecule has 7 nitrogen and oxygen atoms in total. The molecule has 3 aromatic carbocycles. The number of benzene rings is 3. The molecule has 1 unspecified atom stereocenters. The summed E-state index contributed by atoms with van der Waals surface area (Å²) in [6.07, 6.45) is 3.67. The van der Waals surface area contributed by atoms with Crippen LogP contribution in [-0.4, -0.2) is 31.0 Å². The zero-order valence-corrected chi connectivity index (χ0v) is 22.2. The van der Waals surface area contributed by atoms with Crippen LogP contribution in [0.1, 0.15) is 24.3 Å². The first-order valence-corrected chi connectivity index (χ1v) is 13.9. The molecule has 1 aliphatic rings. The number of aliphatic carboxylic acids is 1. The lowest BCUT2D eigenvalue weighted by Crippen LogP contribution is -2.30. The van der Waals surface area contributed by atoms with E-state index in [1.54, 1.807) is 48.8 Å². The Hall–Kier alpha value is -3.59. The lowest BCUT2D eigenvalue weighted by Gasteiger charge is -2.20. The molecule has 0 fully saturated rings. The van der Waals surface area contributed by atoms with E-state index in [1.165, 1.54) is 16.4 Å². The third kappa shape index (κ3) is 5.48. The number of aromatic nitrogens is 1. The van der Waals surface area contributed by atoms with Crippen molar-refractivity contribution in [2.75, 3.05) is 10.8 Å². The summed E-state index contributed by atoms with van der Waals surface area (Å²) in [4.78, 5) is 15.5. The normalized spacial score (nSPS) is 14.8. The zero-order chi connectivity index (χ0) is 26.9. The van der Waals surface area contributed by atoms with Crippen molar-refractivity contribution in [1.82, 2.24) is 4.98 Å². The average Bonchev–Trinajstić information content (AvgIpc) is 3.26. The van der Waals surface area contributed by atoms with Crippen LogP contribution in [0.25, 0.3) is 11.1 Å². The number of pyridine rings is 1. The number of carbonyl (C=O) groups is 1. The number of carboxylic acids is 1. The highest BCUT2D eigenvalue weighted by Gasteiger charge is 2.37. The molecule has 0 amide bonds. The summed E-state index contributed by atoms with van der Waals surface area (Å²) >= 11 is 12.1. The molecule has 5 rings (SSSR count). The summed E-state index contributed by atoms with van der Waals surface area (Å²) < 4.78 is 34.6. The molecule has 1 N–H and O–H groups in total. The van der Waals surface area contributed by atoms with Crippen molar-refractivity contribution in [2.45, 2.75) is 23.7 Å². The number of anilines is 1. The highest BCUT2D eigenvalue weighted by Crippen LogP contribution is 2.43. The van der Waals surface area contributed by atoms with Gasteiger partial charge in [0.2, 0.25) is 0 Å². The molecular weight excluding hydrogens is 547 g/mol. The minimum Gasteiger partial charge on any atom is -0.481 e. The van der Waals surface area contributed by atoms with Crippen molar-refractivity contribution in [3.63, 3.8) is 0 Å². The Labute approximate surface area is 230 Å². The maximum absolute atomic E-state index is 13.7. The lowest BCUT2D eigenvalue weighted by atomic mass is 9.93. The van der Waals surface area contributed by atoms with E-state index >= 15 is 0 Å². The Morgan fingerprint density at radius 1 is 0.974 bits per heavy atom. The molecule has 0 saturated carbocycles. The number of fused-ring (bicyclic) bond motifs is 1. The number of halogens is 2. The summed E-state index contributed by atoms with van der Waals surface area (Å²) in [5.74, 6) is -0.336. The van der Waals surface area contributed by atoms with Gasteiger partial charge in [-0.3, -0.25) is 14.1 Å². The van der Waals surface area contributed by atoms with Gasteiger partial charge in [0.05, 0.1) is 10.6 Å². The molecule has 38 heavy (non-hydrogen) atoms. The van der Waals surface area contributed by atoms with E-state index in [0.29, 0.717) is 33.7 Å². The Morgan fingerprint density at radius 3 is 2.37 bits per heavy atom. The van der Waals surface area contributed by atoms with Crippen LogP contribution < -0.4 is 9.04 Å². The van der Waals surface area contributed by atoms with Gasteiger partial charge < -0.3 is 9.84 Å². The van der Waals surface area contributed by atoms with Crippen LogP contribution in [0, 0.1) is 0 Å². The van der Waals surface area contributed by atoms with E-state index in [2.05, 4.69) is 4.98 Å². The van der Waals surface area contributed by atoms with Crippen molar-refractivity contribution < 1.29 is 23.1 Å². The minimum absolute atomic E-state index is 0.0608. The van der Waals surface area contributed by atoms with E-state index in [1.807, 2.05) is 24.3 Å². The fourth-order valence-corrected chi connectivity index (χ4v) is 6.56. The fraction of sp³-hybridized carbons (Fsp3) is 0.143. The second kappa shape index (κ2) is 10.6. The maximum Gasteiger partial charge on any atom is 0.303 e. The molecule has 0 spiro atoms. The second-order valence-electron chi connectivity index (χ2n) is 8.86. The first-order chi connectivity index (χ1) is 18.2. The number of hydrogen-bond donors (Lipinski definition) is 1. The molecule has 194 valence electrons. The molecule has 0 radical (unpaired) electrons. The molecule has 1 aliphatic heterocycles. The SMILES string of the molecule is O=C(O)CCC1CN(S(=O)(=O)c2ccc(Oc3cc(Cl)cc(Cl)c3)cc2)c2ccc(-c3cccnc3)cc21. The fourth-order valence-electron chi connectivity index (χ4n) is 4.52. The molecule has 0 aliphatic carbocycles. The number of carboxylic acid groups (broad SMARTS) is 1. The molecule has 0 bridgehead atoms. The molecule has 0 saturated heterocycles. The van der Waals surface area contributed by atoms with Crippen LogP contribution in [0.4, 0.5) is 5.69 Å². The topological polar surface area (TPSA) is 96.8 Å². The quantitative estimate of drug-likeness (QED) is 0.245. The summed E-state index contributed by atoms with van der Waals surface area (Å²) in [6.45, 7) is 0.153. The van der Waals surface area contributed by atoms with Gasteiger partial charge in [-0.1, -0.05) is 35.3 Å². The van der Waals surface area contributed by atoms with Gasteiger partial charge in [0.15, 0.2) is 0 Å². The number of ether oxygens (including phenoxy) is 1. The van der Waals surface area contributed by atoms with E-state index < -0.39 is 16.0 Å². The van der Waals surface area contributed by atoms with E-state index in [-0.39, 0.29) is 23.8 Å². The van der Waals surface area contributed by atoms with Crippen LogP contribution >= 0.6 is 23.2 Å². The standard InChI is InChI=1S/C28H22Cl2N2O5S/c29-21-13-22(30)15-24(14-21)37-23-5-7-25(8-6-23)38(35,36)32-17-20(4-10-28(33)34)26-12-18(3-9-27(26)32)19-2-1-11-31-16-19/h1-3,5-9,11-16,20H,4,10,17H2,(H,33,34). The third-order valence-electron chi connectivity index (χ3n) is 6.31. The average molecular weight is 569 g/mol. The van der Waals surface area contributed by atoms with Gasteiger partial charge in [-0.2, -0.15) is 0 Å². The van der Waals surface area contributed by atoms with Gasteiger partial charge in [0, 0.05) is 41.3 Å². The van der Waals surface area contributed by atoms with Crippen LogP contribution in [0.3, 0.4) is 0 Å². The Morgan fingerprint density at radius 2 is 1.71 bits per heavy atom. The van der Waals surface area contributed by atoms with Crippen LogP contribution in [-0.2, 0) is 14.8 Å². The maximum atomic E-state index is 13.7. The first-order valence-electron chi connectivity index (χ1n) is 11.7. The smallest absolute Gasteiger partial charge is 0.303 e. The highest BCUT2D eigenvalue weighted by atomic mass is 35.5. The number of hydrogen-bond acceptors (Lipinski definition) is 5. The van der Waals surface area contributed by atoms with Crippen molar-refractivity contribution >= 4 is 44.9 Å². The highest BCUT2D eigenvalue weighted by molar-refractivity contribution is 7.92. The van der Waals surface area contributed by atoms with E-state index in [4.69, 9.17) is 27.9 Å². The van der Waals surface area contributed by atoms with Gasteiger partial charge >= 0.3 is 5.97 Å². The van der Waals surface area contributed by atoms with Gasteiger partial charge in [-0.05, 0) is 83.8 Å². The predicted octanol–water partition coefficient (Wildman–Crippen LogP) is 7.01. The Balaban J connectivity index is 1.44. The van der Waals surface area contributed by atoms with Crippen molar-refractivity contribution in [1.29, 1.82) is 0 Å². The molecule has 4 aromatic rings. The third-order valence-corrected chi connectivity index (χ3v) is 8.54. The van der Waals surface area contributed by atoms with Gasteiger partial charge in [-0.15, -0.1) is 0 Å². The van der Waals surface area contributed by atoms with Crippen LogP contribution in [0.2, 0.25) is 10.0 Å². The monoisotopic (exact) mass is 568 g/mol. The summed E-state index contributed by atoms with van der Waals surface area (Å²) in [7, 11) is -3.93. The van der Waals surface area contributed by atoms with Gasteiger partial charge in [0.1, 0.15) is 11.5 Å². The van der Waals surface area contributed by atoms with Crippen LogP contribution in [0.5, 0.6) is 11.5 Å². The summed E-state index contributed by atoms with van der Waals surface area (Å²) in [5, 5.41) is 10.1. The lowest BCUT2D eigenvalue weighted by molar-refractivity contribution is -0.137. The molecule has 1 aromatic heterocycles. The Kier molecular flexibility index (Phi) is 7.29. The van der Waals surface area contributed by atoms with Crippen molar-refractivity contribution in [3.8, 4) is 22.6 Å². The van der Waals surface area contributed by atoms with E-state index in [9.17, 15) is 18.3 Å². The van der Waals surface area contributed by atoms with Crippen LogP contribution in [0.15, 0.2) is 90.1 Å².